The highest BCUT2D eigenvalue weighted by atomic mass is 15.1. The molecule has 1 heterocycles. The summed E-state index contributed by atoms with van der Waals surface area (Å²) in [6, 6.07) is 5.83. The fourth-order valence-electron chi connectivity index (χ4n) is 2.51. The van der Waals surface area contributed by atoms with E-state index in [0.717, 1.165) is 48.0 Å². The van der Waals surface area contributed by atoms with Crippen molar-refractivity contribution in [3.63, 3.8) is 0 Å². The highest BCUT2D eigenvalue weighted by molar-refractivity contribution is 5.78. The molecule has 1 aliphatic rings. The van der Waals surface area contributed by atoms with Gasteiger partial charge in [-0.2, -0.15) is 0 Å². The standard InChI is InChI=1S/C15H22N4/c1-2-19(10-11-3-4-11)8-7-15-17-13-6-5-12(16)9-14(13)18-15/h5-6,9,11H,2-4,7-8,10,16H2,1H3,(H,17,18). The van der Waals surface area contributed by atoms with Crippen LogP contribution in [0.3, 0.4) is 0 Å². The van der Waals surface area contributed by atoms with Gasteiger partial charge in [0.25, 0.3) is 0 Å². The molecule has 3 rings (SSSR count). The molecule has 0 saturated heterocycles. The number of nitrogen functional groups attached to an aromatic ring is 1. The molecule has 102 valence electrons. The van der Waals surface area contributed by atoms with Gasteiger partial charge < -0.3 is 15.6 Å². The first-order valence-corrected chi connectivity index (χ1v) is 7.21. The summed E-state index contributed by atoms with van der Waals surface area (Å²) < 4.78 is 0. The van der Waals surface area contributed by atoms with Crippen LogP contribution in [0.5, 0.6) is 0 Å². The van der Waals surface area contributed by atoms with Gasteiger partial charge in [-0.3, -0.25) is 0 Å². The maximum atomic E-state index is 5.78. The van der Waals surface area contributed by atoms with Gasteiger partial charge in [0.2, 0.25) is 0 Å². The van der Waals surface area contributed by atoms with Crippen LogP contribution in [-0.4, -0.2) is 34.5 Å². The van der Waals surface area contributed by atoms with E-state index in [-0.39, 0.29) is 0 Å². The molecule has 0 radical (unpaired) electrons. The Morgan fingerprint density at radius 3 is 3.00 bits per heavy atom. The smallest absolute Gasteiger partial charge is 0.108 e. The summed E-state index contributed by atoms with van der Waals surface area (Å²) >= 11 is 0. The number of aromatic amines is 1. The van der Waals surface area contributed by atoms with Crippen molar-refractivity contribution in [1.29, 1.82) is 0 Å². The maximum absolute atomic E-state index is 5.78. The van der Waals surface area contributed by atoms with E-state index in [0.29, 0.717) is 0 Å². The molecular weight excluding hydrogens is 236 g/mol. The lowest BCUT2D eigenvalue weighted by molar-refractivity contribution is 0.278. The van der Waals surface area contributed by atoms with E-state index in [9.17, 15) is 0 Å². The van der Waals surface area contributed by atoms with Crippen LogP contribution >= 0.6 is 0 Å². The largest absolute Gasteiger partial charge is 0.399 e. The average Bonchev–Trinajstić information content (AvgIpc) is 3.13. The van der Waals surface area contributed by atoms with Crippen molar-refractivity contribution in [2.45, 2.75) is 26.2 Å². The first-order chi connectivity index (χ1) is 9.24. The summed E-state index contributed by atoms with van der Waals surface area (Å²) in [5.74, 6) is 2.02. The molecule has 0 spiro atoms. The molecule has 0 bridgehead atoms. The van der Waals surface area contributed by atoms with Crippen molar-refractivity contribution >= 4 is 16.7 Å². The van der Waals surface area contributed by atoms with Crippen LogP contribution < -0.4 is 5.73 Å². The second kappa shape index (κ2) is 5.21. The quantitative estimate of drug-likeness (QED) is 0.782. The van der Waals surface area contributed by atoms with Gasteiger partial charge in [0, 0.05) is 25.2 Å². The van der Waals surface area contributed by atoms with E-state index in [1.54, 1.807) is 0 Å². The van der Waals surface area contributed by atoms with Gasteiger partial charge in [-0.1, -0.05) is 6.92 Å². The van der Waals surface area contributed by atoms with Crippen molar-refractivity contribution in [2.24, 2.45) is 5.92 Å². The van der Waals surface area contributed by atoms with Crippen LogP contribution in [0.25, 0.3) is 11.0 Å². The van der Waals surface area contributed by atoms with Gasteiger partial charge in [-0.15, -0.1) is 0 Å². The molecular formula is C15H22N4. The molecule has 1 saturated carbocycles. The molecule has 1 fully saturated rings. The van der Waals surface area contributed by atoms with Gasteiger partial charge in [0.05, 0.1) is 11.0 Å². The van der Waals surface area contributed by atoms with Gasteiger partial charge in [-0.25, -0.2) is 4.98 Å². The normalized spacial score (nSPS) is 15.5. The molecule has 1 aromatic heterocycles. The van der Waals surface area contributed by atoms with Crippen molar-refractivity contribution in [3.05, 3.63) is 24.0 Å². The second-order valence-electron chi connectivity index (χ2n) is 5.55. The molecule has 1 aliphatic carbocycles. The van der Waals surface area contributed by atoms with Crippen LogP contribution in [0, 0.1) is 5.92 Å². The van der Waals surface area contributed by atoms with Crippen molar-refractivity contribution < 1.29 is 0 Å². The number of aromatic nitrogens is 2. The van der Waals surface area contributed by atoms with E-state index in [1.807, 2.05) is 18.2 Å². The number of rotatable bonds is 6. The van der Waals surface area contributed by atoms with E-state index in [2.05, 4.69) is 21.8 Å². The average molecular weight is 258 g/mol. The minimum absolute atomic E-state index is 0.784. The lowest BCUT2D eigenvalue weighted by Gasteiger charge is -2.19. The molecule has 3 N–H and O–H groups in total. The predicted octanol–water partition coefficient (Wildman–Crippen LogP) is 2.42. The molecule has 0 aliphatic heterocycles. The molecule has 0 atom stereocenters. The number of benzene rings is 1. The summed E-state index contributed by atoms with van der Waals surface area (Å²) in [5, 5.41) is 0. The topological polar surface area (TPSA) is 57.9 Å². The summed E-state index contributed by atoms with van der Waals surface area (Å²) in [7, 11) is 0. The van der Waals surface area contributed by atoms with Gasteiger partial charge >= 0.3 is 0 Å². The molecule has 4 heteroatoms. The molecule has 1 aromatic carbocycles. The number of fused-ring (bicyclic) bond motifs is 1. The van der Waals surface area contributed by atoms with E-state index in [1.165, 1.54) is 19.4 Å². The fraction of sp³-hybridized carbons (Fsp3) is 0.533. The third-order valence-electron chi connectivity index (χ3n) is 3.88. The summed E-state index contributed by atoms with van der Waals surface area (Å²) in [6.45, 7) is 5.71. The minimum atomic E-state index is 0.784. The Labute approximate surface area is 114 Å². The third-order valence-corrected chi connectivity index (χ3v) is 3.88. The Morgan fingerprint density at radius 1 is 1.42 bits per heavy atom. The van der Waals surface area contributed by atoms with E-state index in [4.69, 9.17) is 5.73 Å². The Hall–Kier alpha value is -1.55. The monoisotopic (exact) mass is 258 g/mol. The van der Waals surface area contributed by atoms with Crippen LogP contribution in [0.1, 0.15) is 25.6 Å². The van der Waals surface area contributed by atoms with Crippen molar-refractivity contribution in [2.75, 3.05) is 25.4 Å². The van der Waals surface area contributed by atoms with Crippen molar-refractivity contribution in [3.8, 4) is 0 Å². The predicted molar refractivity (Wildman–Crippen MR) is 79.0 cm³/mol. The SMILES string of the molecule is CCN(CCc1nc2ccc(N)cc2[nH]1)CC1CC1. The Kier molecular flexibility index (Phi) is 3.42. The second-order valence-corrected chi connectivity index (χ2v) is 5.55. The summed E-state index contributed by atoms with van der Waals surface area (Å²) in [6.07, 6.45) is 3.82. The highest BCUT2D eigenvalue weighted by Gasteiger charge is 2.23. The number of hydrogen-bond acceptors (Lipinski definition) is 3. The number of imidazole rings is 1. The zero-order chi connectivity index (χ0) is 13.2. The molecule has 0 amide bonds. The summed E-state index contributed by atoms with van der Waals surface area (Å²) in [5.41, 5.74) is 8.62. The minimum Gasteiger partial charge on any atom is -0.399 e. The Balaban J connectivity index is 1.63. The van der Waals surface area contributed by atoms with Crippen LogP contribution in [0.4, 0.5) is 5.69 Å². The third kappa shape index (κ3) is 3.07. The number of nitrogens with two attached hydrogens (primary N) is 1. The number of H-pyrrole nitrogens is 1. The number of nitrogens with zero attached hydrogens (tertiary/aromatic N) is 2. The first-order valence-electron chi connectivity index (χ1n) is 7.21. The number of anilines is 1. The van der Waals surface area contributed by atoms with Crippen LogP contribution in [0.15, 0.2) is 18.2 Å². The zero-order valence-electron chi connectivity index (χ0n) is 11.5. The van der Waals surface area contributed by atoms with E-state index >= 15 is 0 Å². The van der Waals surface area contributed by atoms with E-state index < -0.39 is 0 Å². The van der Waals surface area contributed by atoms with Crippen LogP contribution in [0.2, 0.25) is 0 Å². The van der Waals surface area contributed by atoms with Gasteiger partial charge in [0.15, 0.2) is 0 Å². The molecule has 4 nitrogen and oxygen atoms in total. The Morgan fingerprint density at radius 2 is 2.26 bits per heavy atom. The lowest BCUT2D eigenvalue weighted by atomic mass is 10.3. The first kappa shape index (κ1) is 12.5. The van der Waals surface area contributed by atoms with Crippen LogP contribution in [-0.2, 0) is 6.42 Å². The molecule has 2 aromatic rings. The highest BCUT2D eigenvalue weighted by Crippen LogP contribution is 2.29. The molecule has 19 heavy (non-hydrogen) atoms. The molecule has 0 unspecified atom stereocenters. The van der Waals surface area contributed by atoms with Crippen molar-refractivity contribution in [1.82, 2.24) is 14.9 Å². The summed E-state index contributed by atoms with van der Waals surface area (Å²) in [4.78, 5) is 10.5. The number of likely N-dealkylation sites (N-methyl/N-ethyl adjacent to an activating group) is 1. The lowest BCUT2D eigenvalue weighted by Crippen LogP contribution is -2.28. The van der Waals surface area contributed by atoms with Gasteiger partial charge in [0.1, 0.15) is 5.82 Å². The number of nitrogens with one attached hydrogen (secondary N) is 1. The number of hydrogen-bond donors (Lipinski definition) is 2. The zero-order valence-corrected chi connectivity index (χ0v) is 11.5. The Bertz CT molecular complexity index is 556. The van der Waals surface area contributed by atoms with Gasteiger partial charge in [-0.05, 0) is 43.5 Å². The maximum Gasteiger partial charge on any atom is 0.108 e. The fourth-order valence-corrected chi connectivity index (χ4v) is 2.51.